The van der Waals surface area contributed by atoms with Crippen molar-refractivity contribution in [3.8, 4) is 0 Å². The molecule has 4 heteroatoms. The van der Waals surface area contributed by atoms with Crippen molar-refractivity contribution in [2.24, 2.45) is 0 Å². The number of carbonyl (C=O) groups excluding carboxylic acids is 1. The molecule has 1 saturated heterocycles. The van der Waals surface area contributed by atoms with Gasteiger partial charge in [-0.1, -0.05) is 0 Å². The van der Waals surface area contributed by atoms with Crippen molar-refractivity contribution in [2.75, 3.05) is 19.6 Å². The van der Waals surface area contributed by atoms with Crippen LogP contribution in [0.3, 0.4) is 0 Å². The van der Waals surface area contributed by atoms with E-state index in [1.807, 2.05) is 25.7 Å². The quantitative estimate of drug-likeness (QED) is 0.659. The first-order valence-corrected chi connectivity index (χ1v) is 4.81. The molecule has 0 aromatic rings. The molecule has 0 bridgehead atoms. The van der Waals surface area contributed by atoms with E-state index < -0.39 is 0 Å². The highest BCUT2D eigenvalue weighted by atomic mass is 16.5. The lowest BCUT2D eigenvalue weighted by molar-refractivity contribution is -0.0544. The number of amides is 2. The van der Waals surface area contributed by atoms with Gasteiger partial charge in [0.25, 0.3) is 0 Å². The predicted octanol–water partition coefficient (Wildman–Crippen LogP) is 0.825. The predicted molar refractivity (Wildman–Crippen MR) is 50.7 cm³/mol. The first kappa shape index (κ1) is 10.3. The van der Waals surface area contributed by atoms with E-state index in [4.69, 9.17) is 4.74 Å². The Morgan fingerprint density at radius 3 is 2.46 bits per heavy atom. The second kappa shape index (κ2) is 4.46. The Hall–Kier alpha value is -0.770. The lowest BCUT2D eigenvalue weighted by Crippen LogP contribution is -2.51. The van der Waals surface area contributed by atoms with Crippen molar-refractivity contribution < 1.29 is 9.53 Å². The van der Waals surface area contributed by atoms with Gasteiger partial charge in [-0.25, -0.2) is 4.79 Å². The van der Waals surface area contributed by atoms with Gasteiger partial charge in [0.2, 0.25) is 0 Å². The van der Waals surface area contributed by atoms with Crippen molar-refractivity contribution in [3.05, 3.63) is 0 Å². The number of carbonyl (C=O) groups is 1. The molecule has 1 aliphatic heterocycles. The zero-order chi connectivity index (χ0) is 9.84. The van der Waals surface area contributed by atoms with Crippen molar-refractivity contribution in [1.29, 1.82) is 0 Å². The molecule has 1 fully saturated rings. The van der Waals surface area contributed by atoms with Gasteiger partial charge in [-0.05, 0) is 20.8 Å². The summed E-state index contributed by atoms with van der Waals surface area (Å²) in [6, 6.07) is 0.0181. The summed E-state index contributed by atoms with van der Waals surface area (Å²) in [5.41, 5.74) is 0. The summed E-state index contributed by atoms with van der Waals surface area (Å²) in [5.74, 6) is 0. The molecule has 2 atom stereocenters. The summed E-state index contributed by atoms with van der Waals surface area (Å²) in [5, 5.41) is 2.79. The summed E-state index contributed by atoms with van der Waals surface area (Å²) >= 11 is 0. The summed E-state index contributed by atoms with van der Waals surface area (Å²) in [6.45, 7) is 7.96. The Kier molecular flexibility index (Phi) is 3.54. The Morgan fingerprint density at radius 1 is 1.46 bits per heavy atom. The molecule has 76 valence electrons. The van der Waals surface area contributed by atoms with Crippen molar-refractivity contribution in [2.45, 2.75) is 33.0 Å². The smallest absolute Gasteiger partial charge is 0.317 e. The van der Waals surface area contributed by atoms with Gasteiger partial charge in [-0.2, -0.15) is 0 Å². The fourth-order valence-electron chi connectivity index (χ4n) is 1.61. The molecule has 1 aliphatic rings. The molecule has 0 aliphatic carbocycles. The van der Waals surface area contributed by atoms with Crippen LogP contribution in [-0.4, -0.2) is 42.8 Å². The monoisotopic (exact) mass is 186 g/mol. The summed E-state index contributed by atoms with van der Waals surface area (Å²) in [6.07, 6.45) is 0.290. The number of hydrogen-bond donors (Lipinski definition) is 1. The van der Waals surface area contributed by atoms with Gasteiger partial charge in [-0.15, -0.1) is 0 Å². The minimum absolute atomic E-state index is 0.0181. The van der Waals surface area contributed by atoms with Crippen LogP contribution in [0.4, 0.5) is 4.79 Å². The highest BCUT2D eigenvalue weighted by Gasteiger charge is 2.25. The average Bonchev–Trinajstić information content (AvgIpc) is 2.03. The number of hydrogen-bond acceptors (Lipinski definition) is 2. The van der Waals surface area contributed by atoms with Crippen LogP contribution in [0.1, 0.15) is 20.8 Å². The zero-order valence-electron chi connectivity index (χ0n) is 8.54. The topological polar surface area (TPSA) is 41.6 Å². The Balaban J connectivity index is 2.45. The number of morpholine rings is 1. The van der Waals surface area contributed by atoms with Crippen LogP contribution in [0, 0.1) is 0 Å². The van der Waals surface area contributed by atoms with Crippen molar-refractivity contribution in [1.82, 2.24) is 10.2 Å². The summed E-state index contributed by atoms with van der Waals surface area (Å²) in [4.78, 5) is 13.3. The van der Waals surface area contributed by atoms with Crippen LogP contribution in [-0.2, 0) is 4.74 Å². The van der Waals surface area contributed by atoms with Gasteiger partial charge in [-0.3, -0.25) is 0 Å². The van der Waals surface area contributed by atoms with Crippen LogP contribution >= 0.6 is 0 Å². The molecule has 0 aromatic heterocycles. The van der Waals surface area contributed by atoms with Crippen LogP contribution in [0.15, 0.2) is 0 Å². The first-order valence-electron chi connectivity index (χ1n) is 4.81. The van der Waals surface area contributed by atoms with Gasteiger partial charge in [0, 0.05) is 19.6 Å². The number of nitrogens with zero attached hydrogens (tertiary/aromatic N) is 1. The van der Waals surface area contributed by atoms with E-state index in [-0.39, 0.29) is 18.2 Å². The fourth-order valence-corrected chi connectivity index (χ4v) is 1.61. The maximum Gasteiger partial charge on any atom is 0.317 e. The fraction of sp³-hybridized carbons (Fsp3) is 0.889. The first-order chi connectivity index (χ1) is 6.13. The third kappa shape index (κ3) is 2.88. The van der Waals surface area contributed by atoms with E-state index in [9.17, 15) is 4.79 Å². The Bertz CT molecular complexity index is 174. The molecule has 1 N–H and O–H groups in total. The Labute approximate surface area is 79.2 Å². The third-order valence-corrected chi connectivity index (χ3v) is 2.03. The van der Waals surface area contributed by atoms with Crippen LogP contribution < -0.4 is 5.32 Å². The molecule has 13 heavy (non-hydrogen) atoms. The van der Waals surface area contributed by atoms with Crippen LogP contribution in [0.2, 0.25) is 0 Å². The SMILES string of the molecule is CCNC(=O)N1CC(C)OC(C)C1. The molecule has 0 saturated carbocycles. The van der Waals surface area contributed by atoms with Gasteiger partial charge < -0.3 is 15.0 Å². The van der Waals surface area contributed by atoms with Crippen molar-refractivity contribution in [3.63, 3.8) is 0 Å². The molecule has 2 amide bonds. The van der Waals surface area contributed by atoms with Gasteiger partial charge >= 0.3 is 6.03 Å². The minimum Gasteiger partial charge on any atom is -0.372 e. The highest BCUT2D eigenvalue weighted by molar-refractivity contribution is 5.74. The minimum atomic E-state index is 0.0181. The molecule has 2 unspecified atom stereocenters. The van der Waals surface area contributed by atoms with Crippen LogP contribution in [0.5, 0.6) is 0 Å². The number of ether oxygens (including phenoxy) is 1. The lowest BCUT2D eigenvalue weighted by atomic mass is 10.2. The molecule has 0 aromatic carbocycles. The standard InChI is InChI=1S/C9H18N2O2/c1-4-10-9(12)11-5-7(2)13-8(3)6-11/h7-8H,4-6H2,1-3H3,(H,10,12). The third-order valence-electron chi connectivity index (χ3n) is 2.03. The molecular formula is C9H18N2O2. The van der Waals surface area contributed by atoms with Gasteiger partial charge in [0.15, 0.2) is 0 Å². The average molecular weight is 186 g/mol. The second-order valence-corrected chi connectivity index (χ2v) is 3.50. The van der Waals surface area contributed by atoms with E-state index >= 15 is 0 Å². The molecular weight excluding hydrogens is 168 g/mol. The van der Waals surface area contributed by atoms with Crippen molar-refractivity contribution >= 4 is 6.03 Å². The zero-order valence-corrected chi connectivity index (χ0v) is 8.54. The number of urea groups is 1. The van der Waals surface area contributed by atoms with Gasteiger partial charge in [0.05, 0.1) is 12.2 Å². The maximum atomic E-state index is 11.4. The molecule has 0 spiro atoms. The Morgan fingerprint density at radius 2 is 2.00 bits per heavy atom. The summed E-state index contributed by atoms with van der Waals surface area (Å²) in [7, 11) is 0. The number of rotatable bonds is 1. The largest absolute Gasteiger partial charge is 0.372 e. The normalized spacial score (nSPS) is 28.7. The maximum absolute atomic E-state index is 11.4. The molecule has 4 nitrogen and oxygen atoms in total. The van der Waals surface area contributed by atoms with E-state index in [1.165, 1.54) is 0 Å². The summed E-state index contributed by atoms with van der Waals surface area (Å²) < 4.78 is 5.52. The van der Waals surface area contributed by atoms with E-state index in [1.54, 1.807) is 0 Å². The lowest BCUT2D eigenvalue weighted by Gasteiger charge is -2.35. The van der Waals surface area contributed by atoms with E-state index in [0.717, 1.165) is 0 Å². The molecule has 1 heterocycles. The molecule has 0 radical (unpaired) electrons. The highest BCUT2D eigenvalue weighted by Crippen LogP contribution is 2.10. The number of nitrogens with one attached hydrogen (secondary N) is 1. The second-order valence-electron chi connectivity index (χ2n) is 3.50. The molecule has 1 rings (SSSR count). The van der Waals surface area contributed by atoms with Gasteiger partial charge in [0.1, 0.15) is 0 Å². The van der Waals surface area contributed by atoms with E-state index in [2.05, 4.69) is 5.32 Å². The van der Waals surface area contributed by atoms with E-state index in [0.29, 0.717) is 19.6 Å². The van der Waals surface area contributed by atoms with Crippen LogP contribution in [0.25, 0.3) is 0 Å².